The third kappa shape index (κ3) is 3.29. The van der Waals surface area contributed by atoms with Crippen molar-refractivity contribution in [1.29, 1.82) is 0 Å². The molecular formula is C21H17FO5S. The predicted molar refractivity (Wildman–Crippen MR) is 103 cm³/mol. The molecule has 144 valence electrons. The Bertz CT molecular complexity index is 1150. The summed E-state index contributed by atoms with van der Waals surface area (Å²) in [5.74, 6) is 0.835. The van der Waals surface area contributed by atoms with E-state index in [9.17, 15) is 12.8 Å². The van der Waals surface area contributed by atoms with E-state index in [1.165, 1.54) is 13.2 Å². The highest BCUT2D eigenvalue weighted by atomic mass is 32.2. The lowest BCUT2D eigenvalue weighted by atomic mass is 9.93. The van der Waals surface area contributed by atoms with Crippen molar-refractivity contribution in [2.75, 3.05) is 20.2 Å². The quantitative estimate of drug-likeness (QED) is 0.653. The van der Waals surface area contributed by atoms with Crippen LogP contribution in [0, 0.1) is 5.82 Å². The van der Waals surface area contributed by atoms with E-state index in [-0.39, 0.29) is 17.4 Å². The Labute approximate surface area is 162 Å². The van der Waals surface area contributed by atoms with Crippen molar-refractivity contribution in [3.05, 3.63) is 60.4 Å². The van der Waals surface area contributed by atoms with Gasteiger partial charge >= 0.3 is 0 Å². The number of sulfone groups is 1. The number of benzene rings is 3. The standard InChI is InChI=1S/C21H17FO5S/c1-25-19-8-5-14(9-18(19)22)17-11-21-20(26-12-27-21)10-16(17)13-3-6-15(7-4-13)28(2,23)24/h3-11H,12H2,1-2H3. The molecule has 4 rings (SSSR count). The van der Waals surface area contributed by atoms with Crippen LogP contribution in [0.2, 0.25) is 0 Å². The molecule has 7 heteroatoms. The largest absolute Gasteiger partial charge is 0.494 e. The maximum absolute atomic E-state index is 14.3. The van der Waals surface area contributed by atoms with Crippen molar-refractivity contribution in [1.82, 2.24) is 0 Å². The molecule has 0 amide bonds. The Hall–Kier alpha value is -3.06. The summed E-state index contributed by atoms with van der Waals surface area (Å²) in [5.41, 5.74) is 2.92. The van der Waals surface area contributed by atoms with Crippen molar-refractivity contribution >= 4 is 9.84 Å². The molecule has 0 aromatic heterocycles. The minimum atomic E-state index is -3.30. The highest BCUT2D eigenvalue weighted by molar-refractivity contribution is 7.90. The molecule has 5 nitrogen and oxygen atoms in total. The number of methoxy groups -OCH3 is 1. The van der Waals surface area contributed by atoms with Crippen LogP contribution < -0.4 is 14.2 Å². The molecule has 1 aliphatic rings. The maximum Gasteiger partial charge on any atom is 0.231 e. The number of hydrogen-bond donors (Lipinski definition) is 0. The first-order valence-electron chi connectivity index (χ1n) is 8.45. The normalized spacial score (nSPS) is 12.8. The van der Waals surface area contributed by atoms with Gasteiger partial charge < -0.3 is 14.2 Å². The second-order valence-corrected chi connectivity index (χ2v) is 8.41. The monoisotopic (exact) mass is 400 g/mol. The number of fused-ring (bicyclic) bond motifs is 1. The zero-order valence-electron chi connectivity index (χ0n) is 15.2. The molecule has 0 N–H and O–H groups in total. The Morgan fingerprint density at radius 1 is 0.893 bits per heavy atom. The van der Waals surface area contributed by atoms with Crippen LogP contribution in [0.4, 0.5) is 4.39 Å². The molecule has 0 fully saturated rings. The van der Waals surface area contributed by atoms with Gasteiger partial charge in [-0.1, -0.05) is 18.2 Å². The first-order chi connectivity index (χ1) is 13.4. The van der Waals surface area contributed by atoms with Crippen LogP contribution in [0.15, 0.2) is 59.5 Å². The third-order valence-electron chi connectivity index (χ3n) is 4.57. The molecule has 1 aliphatic heterocycles. The van der Waals surface area contributed by atoms with Gasteiger partial charge in [0.2, 0.25) is 6.79 Å². The van der Waals surface area contributed by atoms with Crippen molar-refractivity contribution in [3.63, 3.8) is 0 Å². The Kier molecular flexibility index (Phi) is 4.47. The molecule has 0 saturated carbocycles. The van der Waals surface area contributed by atoms with Gasteiger partial charge in [-0.15, -0.1) is 0 Å². The van der Waals surface area contributed by atoms with Gasteiger partial charge in [0.15, 0.2) is 32.9 Å². The van der Waals surface area contributed by atoms with Crippen LogP contribution in [-0.2, 0) is 9.84 Å². The zero-order chi connectivity index (χ0) is 19.9. The molecule has 0 saturated heterocycles. The second kappa shape index (κ2) is 6.83. The minimum Gasteiger partial charge on any atom is -0.494 e. The summed E-state index contributed by atoms with van der Waals surface area (Å²) >= 11 is 0. The molecule has 0 spiro atoms. The number of halogens is 1. The molecule has 0 bridgehead atoms. The second-order valence-electron chi connectivity index (χ2n) is 6.40. The van der Waals surface area contributed by atoms with Gasteiger partial charge in [-0.25, -0.2) is 12.8 Å². The van der Waals surface area contributed by atoms with Crippen LogP contribution in [-0.4, -0.2) is 28.6 Å². The van der Waals surface area contributed by atoms with Gasteiger partial charge in [0.1, 0.15) is 0 Å². The van der Waals surface area contributed by atoms with Crippen LogP contribution in [0.3, 0.4) is 0 Å². The van der Waals surface area contributed by atoms with Gasteiger partial charge in [0, 0.05) is 6.26 Å². The van der Waals surface area contributed by atoms with Crippen LogP contribution >= 0.6 is 0 Å². The molecule has 3 aromatic carbocycles. The lowest BCUT2D eigenvalue weighted by Gasteiger charge is -2.13. The highest BCUT2D eigenvalue weighted by Crippen LogP contribution is 2.43. The van der Waals surface area contributed by atoms with Crippen LogP contribution in [0.5, 0.6) is 17.2 Å². The Morgan fingerprint density at radius 3 is 2.00 bits per heavy atom. The molecule has 1 heterocycles. The van der Waals surface area contributed by atoms with Gasteiger partial charge in [-0.3, -0.25) is 0 Å². The number of ether oxygens (including phenoxy) is 3. The van der Waals surface area contributed by atoms with Crippen molar-refractivity contribution in [2.24, 2.45) is 0 Å². The van der Waals surface area contributed by atoms with E-state index in [1.807, 2.05) is 6.07 Å². The van der Waals surface area contributed by atoms with E-state index >= 15 is 0 Å². The molecule has 0 radical (unpaired) electrons. The molecule has 0 atom stereocenters. The van der Waals surface area contributed by atoms with Crippen LogP contribution in [0.1, 0.15) is 0 Å². The summed E-state index contributed by atoms with van der Waals surface area (Å²) in [7, 11) is -1.88. The summed E-state index contributed by atoms with van der Waals surface area (Å²) < 4.78 is 53.7. The van der Waals surface area contributed by atoms with E-state index in [2.05, 4.69) is 0 Å². The highest BCUT2D eigenvalue weighted by Gasteiger charge is 2.20. The molecule has 0 unspecified atom stereocenters. The maximum atomic E-state index is 14.3. The van der Waals surface area contributed by atoms with E-state index in [0.717, 1.165) is 22.9 Å². The van der Waals surface area contributed by atoms with E-state index < -0.39 is 15.7 Å². The molecule has 28 heavy (non-hydrogen) atoms. The first-order valence-corrected chi connectivity index (χ1v) is 10.3. The van der Waals surface area contributed by atoms with Crippen molar-refractivity contribution < 1.29 is 27.0 Å². The lowest BCUT2D eigenvalue weighted by molar-refractivity contribution is 0.174. The Morgan fingerprint density at radius 2 is 1.46 bits per heavy atom. The van der Waals surface area contributed by atoms with E-state index in [4.69, 9.17) is 14.2 Å². The fourth-order valence-corrected chi connectivity index (χ4v) is 3.77. The molecular weight excluding hydrogens is 383 g/mol. The molecule has 3 aromatic rings. The third-order valence-corrected chi connectivity index (χ3v) is 5.70. The Balaban J connectivity index is 1.88. The summed E-state index contributed by atoms with van der Waals surface area (Å²) in [5, 5.41) is 0. The van der Waals surface area contributed by atoms with E-state index in [0.29, 0.717) is 17.1 Å². The summed E-state index contributed by atoms with van der Waals surface area (Å²) in [6.45, 7) is 0.113. The van der Waals surface area contributed by atoms with Gasteiger partial charge in [0.25, 0.3) is 0 Å². The van der Waals surface area contributed by atoms with Gasteiger partial charge in [-0.2, -0.15) is 0 Å². The summed E-state index contributed by atoms with van der Waals surface area (Å²) in [6.07, 6.45) is 1.16. The van der Waals surface area contributed by atoms with E-state index in [1.54, 1.807) is 42.5 Å². The van der Waals surface area contributed by atoms with Gasteiger partial charge in [0.05, 0.1) is 12.0 Å². The number of hydrogen-bond acceptors (Lipinski definition) is 5. The fourth-order valence-electron chi connectivity index (χ4n) is 3.14. The summed E-state index contributed by atoms with van der Waals surface area (Å²) in [4.78, 5) is 0.231. The predicted octanol–water partition coefficient (Wildman–Crippen LogP) is 4.30. The first kappa shape index (κ1) is 18.3. The SMILES string of the molecule is COc1ccc(-c2cc3c(cc2-c2ccc(S(C)(=O)=O)cc2)OCO3)cc1F. The zero-order valence-corrected chi connectivity index (χ0v) is 16.0. The average molecular weight is 400 g/mol. The van der Waals surface area contributed by atoms with Gasteiger partial charge in [-0.05, 0) is 58.7 Å². The summed E-state index contributed by atoms with van der Waals surface area (Å²) in [6, 6.07) is 14.9. The smallest absolute Gasteiger partial charge is 0.231 e. The minimum absolute atomic E-state index is 0.113. The lowest BCUT2D eigenvalue weighted by Crippen LogP contribution is -1.96. The van der Waals surface area contributed by atoms with Crippen molar-refractivity contribution in [3.8, 4) is 39.5 Å². The topological polar surface area (TPSA) is 61.8 Å². The fraction of sp³-hybridized carbons (Fsp3) is 0.143. The van der Waals surface area contributed by atoms with Crippen molar-refractivity contribution in [2.45, 2.75) is 4.90 Å². The average Bonchev–Trinajstić information content (AvgIpc) is 3.14. The number of rotatable bonds is 4. The molecule has 0 aliphatic carbocycles. The van der Waals surface area contributed by atoms with Crippen LogP contribution in [0.25, 0.3) is 22.3 Å².